The molecule has 186 valence electrons. The van der Waals surface area contributed by atoms with E-state index in [1.165, 1.54) is 6.08 Å². The Hall–Kier alpha value is -2.78. The summed E-state index contributed by atoms with van der Waals surface area (Å²) in [7, 11) is 0. The van der Waals surface area contributed by atoms with Gasteiger partial charge in [0.15, 0.2) is 5.13 Å². The number of carbonyl (C=O) groups is 1. The largest absolute Gasteiger partial charge is 0.444 e. The zero-order valence-electron chi connectivity index (χ0n) is 20.5. The minimum Gasteiger partial charge on any atom is -0.444 e. The van der Waals surface area contributed by atoms with Gasteiger partial charge in [0.1, 0.15) is 5.76 Å². The highest BCUT2D eigenvalue weighted by Crippen LogP contribution is 2.33. The summed E-state index contributed by atoms with van der Waals surface area (Å²) in [5.41, 5.74) is 1.79. The Balaban J connectivity index is 1.25. The number of benzene rings is 1. The molecule has 1 amide bonds. The SMILES string of the molecule is C=CC(=O)Nc1ccc(NC2CCCC(Nc3ncc(SCc4ncc(C(C)(C)C)o4)s3)C2)cc1. The maximum Gasteiger partial charge on any atom is 0.247 e. The van der Waals surface area contributed by atoms with Crippen molar-refractivity contribution in [2.75, 3.05) is 16.0 Å². The van der Waals surface area contributed by atoms with Crippen molar-refractivity contribution in [3.8, 4) is 0 Å². The molecule has 0 saturated heterocycles. The lowest BCUT2D eigenvalue weighted by Gasteiger charge is -2.31. The third kappa shape index (κ3) is 7.35. The summed E-state index contributed by atoms with van der Waals surface area (Å²) in [6.45, 7) is 9.85. The van der Waals surface area contributed by atoms with Crippen molar-refractivity contribution < 1.29 is 9.21 Å². The van der Waals surface area contributed by atoms with Crippen LogP contribution in [0.2, 0.25) is 0 Å². The van der Waals surface area contributed by atoms with E-state index in [1.54, 1.807) is 23.1 Å². The van der Waals surface area contributed by atoms with Crippen LogP contribution in [0.4, 0.5) is 16.5 Å². The van der Waals surface area contributed by atoms with Crippen molar-refractivity contribution in [2.45, 2.75) is 73.9 Å². The van der Waals surface area contributed by atoms with Crippen LogP contribution in [0.1, 0.15) is 58.1 Å². The third-order valence-electron chi connectivity index (χ3n) is 5.83. The second kappa shape index (κ2) is 11.3. The fourth-order valence-corrected chi connectivity index (χ4v) is 5.76. The van der Waals surface area contributed by atoms with Gasteiger partial charge in [-0.25, -0.2) is 9.97 Å². The van der Waals surface area contributed by atoms with Gasteiger partial charge >= 0.3 is 0 Å². The summed E-state index contributed by atoms with van der Waals surface area (Å²) in [5, 5.41) is 11.0. The topological polar surface area (TPSA) is 92.1 Å². The van der Waals surface area contributed by atoms with Crippen LogP contribution in [0.15, 0.2) is 57.9 Å². The first-order chi connectivity index (χ1) is 16.8. The lowest BCUT2D eigenvalue weighted by molar-refractivity contribution is -0.111. The molecule has 2 heterocycles. The molecular weight excluding hydrogens is 478 g/mol. The lowest BCUT2D eigenvalue weighted by Crippen LogP contribution is -2.34. The van der Waals surface area contributed by atoms with Gasteiger partial charge < -0.3 is 20.4 Å². The molecule has 0 aliphatic heterocycles. The zero-order chi connectivity index (χ0) is 24.8. The van der Waals surface area contributed by atoms with E-state index in [-0.39, 0.29) is 11.3 Å². The third-order valence-corrected chi connectivity index (χ3v) is 7.93. The van der Waals surface area contributed by atoms with Gasteiger partial charge in [0, 0.05) is 28.9 Å². The van der Waals surface area contributed by atoms with Gasteiger partial charge in [0.2, 0.25) is 11.8 Å². The van der Waals surface area contributed by atoms with Gasteiger partial charge in [0.25, 0.3) is 0 Å². The number of thiazole rings is 1. The molecule has 35 heavy (non-hydrogen) atoms. The minimum atomic E-state index is -0.206. The Morgan fingerprint density at radius 2 is 1.86 bits per heavy atom. The molecular formula is C26H33N5O2S2. The Kier molecular flexibility index (Phi) is 8.18. The lowest BCUT2D eigenvalue weighted by atomic mass is 9.91. The molecule has 1 fully saturated rings. The van der Waals surface area contributed by atoms with Crippen LogP contribution in [-0.2, 0) is 16.0 Å². The molecule has 2 aromatic heterocycles. The van der Waals surface area contributed by atoms with Crippen LogP contribution in [0, 0.1) is 0 Å². The van der Waals surface area contributed by atoms with E-state index < -0.39 is 0 Å². The average Bonchev–Trinajstić information content (AvgIpc) is 3.49. The molecule has 7 nitrogen and oxygen atoms in total. The number of thioether (sulfide) groups is 1. The molecule has 1 aliphatic rings. The summed E-state index contributed by atoms with van der Waals surface area (Å²) in [6.07, 6.45) is 9.50. The van der Waals surface area contributed by atoms with E-state index in [1.807, 2.05) is 36.7 Å². The van der Waals surface area contributed by atoms with Crippen molar-refractivity contribution in [1.29, 1.82) is 0 Å². The number of amides is 1. The van der Waals surface area contributed by atoms with Gasteiger partial charge in [-0.3, -0.25) is 4.79 Å². The highest BCUT2D eigenvalue weighted by molar-refractivity contribution is 8.00. The highest BCUT2D eigenvalue weighted by Gasteiger charge is 2.23. The molecule has 4 rings (SSSR count). The van der Waals surface area contributed by atoms with E-state index in [0.29, 0.717) is 17.8 Å². The van der Waals surface area contributed by atoms with Crippen LogP contribution in [0.3, 0.4) is 0 Å². The molecule has 3 N–H and O–H groups in total. The summed E-state index contributed by atoms with van der Waals surface area (Å²) >= 11 is 3.39. The maximum atomic E-state index is 11.4. The van der Waals surface area contributed by atoms with E-state index in [4.69, 9.17) is 4.42 Å². The second-order valence-corrected chi connectivity index (χ2v) is 12.1. The molecule has 1 aliphatic carbocycles. The van der Waals surface area contributed by atoms with E-state index >= 15 is 0 Å². The number of hydrogen-bond acceptors (Lipinski definition) is 8. The van der Waals surface area contributed by atoms with Crippen molar-refractivity contribution in [3.63, 3.8) is 0 Å². The van der Waals surface area contributed by atoms with Crippen LogP contribution >= 0.6 is 23.1 Å². The summed E-state index contributed by atoms with van der Waals surface area (Å²) < 4.78 is 7.04. The summed E-state index contributed by atoms with van der Waals surface area (Å²) in [4.78, 5) is 20.4. The molecule has 0 radical (unpaired) electrons. The maximum absolute atomic E-state index is 11.4. The van der Waals surface area contributed by atoms with Crippen LogP contribution in [-0.4, -0.2) is 28.0 Å². The summed E-state index contributed by atoms with van der Waals surface area (Å²) in [5.74, 6) is 2.15. The molecule has 9 heteroatoms. The fourth-order valence-electron chi connectivity index (χ4n) is 3.95. The van der Waals surface area contributed by atoms with Gasteiger partial charge in [-0.1, -0.05) is 38.7 Å². The first kappa shape index (κ1) is 25.3. The number of carbonyl (C=O) groups excluding carboxylic acids is 1. The monoisotopic (exact) mass is 511 g/mol. The predicted molar refractivity (Wildman–Crippen MR) is 145 cm³/mol. The number of hydrogen-bond donors (Lipinski definition) is 3. The Morgan fingerprint density at radius 1 is 1.14 bits per heavy atom. The van der Waals surface area contributed by atoms with Crippen LogP contribution < -0.4 is 16.0 Å². The summed E-state index contributed by atoms with van der Waals surface area (Å²) in [6, 6.07) is 8.58. The van der Waals surface area contributed by atoms with Gasteiger partial charge in [-0.15, -0.1) is 11.8 Å². The smallest absolute Gasteiger partial charge is 0.247 e. The van der Waals surface area contributed by atoms with E-state index in [0.717, 1.165) is 58.0 Å². The first-order valence-electron chi connectivity index (χ1n) is 11.9. The Bertz CT molecular complexity index is 1130. The number of aromatic nitrogens is 2. The van der Waals surface area contributed by atoms with Crippen molar-refractivity contribution in [1.82, 2.24) is 9.97 Å². The molecule has 0 bridgehead atoms. The van der Waals surface area contributed by atoms with Gasteiger partial charge in [-0.2, -0.15) is 0 Å². The average molecular weight is 512 g/mol. The van der Waals surface area contributed by atoms with Crippen molar-refractivity contribution >= 4 is 45.5 Å². The van der Waals surface area contributed by atoms with Crippen LogP contribution in [0.5, 0.6) is 0 Å². The molecule has 2 atom stereocenters. The molecule has 3 aromatic rings. The second-order valence-electron chi connectivity index (χ2n) is 9.76. The Labute approximate surface area is 215 Å². The fraction of sp³-hybridized carbons (Fsp3) is 0.423. The number of rotatable bonds is 9. The van der Waals surface area contributed by atoms with Crippen LogP contribution in [0.25, 0.3) is 0 Å². The predicted octanol–water partition coefficient (Wildman–Crippen LogP) is 6.68. The Morgan fingerprint density at radius 3 is 2.54 bits per heavy atom. The molecule has 2 unspecified atom stereocenters. The molecule has 1 saturated carbocycles. The molecule has 1 aromatic carbocycles. The van der Waals surface area contributed by atoms with Crippen molar-refractivity contribution in [3.05, 3.63) is 61.0 Å². The standard InChI is InChI=1S/C26H33N5O2S2/c1-5-22(32)30-18-11-9-17(10-12-18)29-19-7-6-8-20(13-19)31-25-28-15-24(35-25)34-16-23-27-14-21(33-23)26(2,3)4/h5,9-12,14-15,19-20,29H,1,6-8,13,16H2,2-4H3,(H,28,31)(H,30,32). The van der Waals surface area contributed by atoms with Gasteiger partial charge in [0.05, 0.1) is 22.4 Å². The number of anilines is 3. The normalized spacial score (nSPS) is 18.1. The van der Waals surface area contributed by atoms with E-state index in [9.17, 15) is 4.79 Å². The quantitative estimate of drug-likeness (QED) is 0.218. The van der Waals surface area contributed by atoms with Gasteiger partial charge in [-0.05, 0) is 56.0 Å². The minimum absolute atomic E-state index is 0.0310. The zero-order valence-corrected chi connectivity index (χ0v) is 22.1. The van der Waals surface area contributed by atoms with E-state index in [2.05, 4.69) is 53.3 Å². The number of oxazole rings is 1. The number of nitrogens with zero attached hydrogens (tertiary/aromatic N) is 2. The first-order valence-corrected chi connectivity index (χ1v) is 13.7. The van der Waals surface area contributed by atoms with Crippen molar-refractivity contribution in [2.24, 2.45) is 0 Å². The number of nitrogens with one attached hydrogen (secondary N) is 3. The molecule has 0 spiro atoms. The highest BCUT2D eigenvalue weighted by atomic mass is 32.2.